The van der Waals surface area contributed by atoms with Crippen LogP contribution in [0.4, 0.5) is 0 Å². The van der Waals surface area contributed by atoms with Gasteiger partial charge in [-0.2, -0.15) is 0 Å². The Bertz CT molecular complexity index is 648. The van der Waals surface area contributed by atoms with Crippen molar-refractivity contribution in [3.63, 3.8) is 0 Å². The summed E-state index contributed by atoms with van der Waals surface area (Å²) in [7, 11) is 0. The zero-order valence-corrected chi connectivity index (χ0v) is 14.9. The molecule has 1 atom stereocenters. The molecule has 104 valence electrons. The Kier molecular flexibility index (Phi) is 4.43. The van der Waals surface area contributed by atoms with E-state index in [2.05, 4.69) is 44.6 Å². The number of hydrogen-bond acceptors (Lipinski definition) is 2. The summed E-state index contributed by atoms with van der Waals surface area (Å²) < 4.78 is 13.3. The maximum atomic E-state index is 6.62. The maximum absolute atomic E-state index is 6.62. The van der Waals surface area contributed by atoms with Crippen LogP contribution < -0.4 is 9.47 Å². The quantitative estimate of drug-likeness (QED) is 0.451. The monoisotopic (exact) mass is 464 g/mol. The summed E-state index contributed by atoms with van der Waals surface area (Å²) in [6.07, 6.45) is 0. The Morgan fingerprint density at radius 1 is 1.05 bits per heavy atom. The zero-order valence-electron chi connectivity index (χ0n) is 10.4. The standard InChI is InChI=1S/C15H11BrClIO2/c16-12-3-2-10(18)8-11(12)15(17)9-1-4-13-14(7-9)20-6-5-19-13/h1-4,7-8,15H,5-6H2. The number of hydrogen-bond donors (Lipinski definition) is 0. The maximum Gasteiger partial charge on any atom is 0.161 e. The zero-order chi connectivity index (χ0) is 14.1. The molecule has 20 heavy (non-hydrogen) atoms. The molecule has 3 rings (SSSR count). The number of benzene rings is 2. The molecule has 0 radical (unpaired) electrons. The molecular formula is C15H11BrClIO2. The van der Waals surface area contributed by atoms with Gasteiger partial charge < -0.3 is 9.47 Å². The Morgan fingerprint density at radius 3 is 2.60 bits per heavy atom. The van der Waals surface area contributed by atoms with Crippen molar-refractivity contribution in [3.8, 4) is 11.5 Å². The highest BCUT2D eigenvalue weighted by atomic mass is 127. The molecule has 0 amide bonds. The van der Waals surface area contributed by atoms with Crippen LogP contribution in [0.5, 0.6) is 11.5 Å². The third-order valence-corrected chi connectivity index (χ3v) is 4.97. The van der Waals surface area contributed by atoms with Crippen LogP contribution in [0.15, 0.2) is 40.9 Å². The number of alkyl halides is 1. The first-order valence-corrected chi connectivity index (χ1v) is 8.44. The number of fused-ring (bicyclic) bond motifs is 1. The first-order valence-electron chi connectivity index (χ1n) is 6.14. The van der Waals surface area contributed by atoms with Crippen molar-refractivity contribution in [2.75, 3.05) is 13.2 Å². The molecule has 0 aliphatic carbocycles. The van der Waals surface area contributed by atoms with Crippen molar-refractivity contribution < 1.29 is 9.47 Å². The van der Waals surface area contributed by atoms with Crippen LogP contribution in [0.2, 0.25) is 0 Å². The van der Waals surface area contributed by atoms with E-state index in [1.165, 1.54) is 0 Å². The van der Waals surface area contributed by atoms with Crippen molar-refractivity contribution >= 4 is 50.1 Å². The van der Waals surface area contributed by atoms with Gasteiger partial charge in [0.2, 0.25) is 0 Å². The highest BCUT2D eigenvalue weighted by molar-refractivity contribution is 14.1. The lowest BCUT2D eigenvalue weighted by Crippen LogP contribution is -2.15. The predicted octanol–water partition coefficient (Wildman–Crippen LogP) is 5.15. The van der Waals surface area contributed by atoms with Gasteiger partial charge in [-0.1, -0.05) is 22.0 Å². The molecule has 1 aliphatic heterocycles. The van der Waals surface area contributed by atoms with E-state index in [-0.39, 0.29) is 5.38 Å². The summed E-state index contributed by atoms with van der Waals surface area (Å²) in [6, 6.07) is 12.0. The summed E-state index contributed by atoms with van der Waals surface area (Å²) in [5, 5.41) is -0.227. The lowest BCUT2D eigenvalue weighted by atomic mass is 10.0. The van der Waals surface area contributed by atoms with E-state index in [1.54, 1.807) is 0 Å². The molecule has 2 nitrogen and oxygen atoms in total. The molecule has 2 aromatic carbocycles. The minimum absolute atomic E-state index is 0.227. The molecule has 2 aromatic rings. The van der Waals surface area contributed by atoms with Gasteiger partial charge in [-0.3, -0.25) is 0 Å². The van der Waals surface area contributed by atoms with E-state index in [9.17, 15) is 0 Å². The minimum atomic E-state index is -0.227. The normalized spacial score (nSPS) is 14.9. The van der Waals surface area contributed by atoms with Crippen LogP contribution in [-0.4, -0.2) is 13.2 Å². The number of ether oxygens (including phenoxy) is 2. The number of rotatable bonds is 2. The molecule has 0 bridgehead atoms. The molecule has 0 spiro atoms. The van der Waals surface area contributed by atoms with Gasteiger partial charge in [0, 0.05) is 8.04 Å². The lowest BCUT2D eigenvalue weighted by molar-refractivity contribution is 0.171. The first-order chi connectivity index (χ1) is 9.65. The molecular weight excluding hydrogens is 454 g/mol. The van der Waals surface area contributed by atoms with E-state index in [0.29, 0.717) is 13.2 Å². The largest absolute Gasteiger partial charge is 0.486 e. The third kappa shape index (κ3) is 2.92. The van der Waals surface area contributed by atoms with Crippen LogP contribution in [0, 0.1) is 3.57 Å². The Morgan fingerprint density at radius 2 is 1.80 bits per heavy atom. The topological polar surface area (TPSA) is 18.5 Å². The third-order valence-electron chi connectivity index (χ3n) is 3.09. The van der Waals surface area contributed by atoms with Crippen molar-refractivity contribution in [1.82, 2.24) is 0 Å². The lowest BCUT2D eigenvalue weighted by Gasteiger charge is -2.20. The van der Waals surface area contributed by atoms with Gasteiger partial charge in [-0.25, -0.2) is 0 Å². The van der Waals surface area contributed by atoms with E-state index in [1.807, 2.05) is 30.3 Å². The second kappa shape index (κ2) is 6.12. The van der Waals surface area contributed by atoms with Crippen LogP contribution in [0.1, 0.15) is 16.5 Å². The molecule has 0 aromatic heterocycles. The minimum Gasteiger partial charge on any atom is -0.486 e. The molecule has 5 heteroatoms. The van der Waals surface area contributed by atoms with Gasteiger partial charge >= 0.3 is 0 Å². The van der Waals surface area contributed by atoms with Crippen molar-refractivity contribution in [3.05, 3.63) is 55.6 Å². The summed E-state index contributed by atoms with van der Waals surface area (Å²) in [5.74, 6) is 1.55. The average Bonchev–Trinajstić information content (AvgIpc) is 2.48. The van der Waals surface area contributed by atoms with Crippen molar-refractivity contribution in [2.45, 2.75) is 5.38 Å². The molecule has 1 aliphatic rings. The van der Waals surface area contributed by atoms with Gasteiger partial charge in [-0.15, -0.1) is 11.6 Å². The van der Waals surface area contributed by atoms with Crippen molar-refractivity contribution in [2.24, 2.45) is 0 Å². The summed E-state index contributed by atoms with van der Waals surface area (Å²) >= 11 is 12.5. The van der Waals surface area contributed by atoms with Gasteiger partial charge in [-0.05, 0) is 64.0 Å². The fraction of sp³-hybridized carbons (Fsp3) is 0.200. The summed E-state index contributed by atoms with van der Waals surface area (Å²) in [4.78, 5) is 0. The van der Waals surface area contributed by atoms with Crippen molar-refractivity contribution in [1.29, 1.82) is 0 Å². The fourth-order valence-electron chi connectivity index (χ4n) is 2.11. The van der Waals surface area contributed by atoms with E-state index < -0.39 is 0 Å². The summed E-state index contributed by atoms with van der Waals surface area (Å²) in [5.41, 5.74) is 2.05. The molecule has 0 N–H and O–H groups in total. The van der Waals surface area contributed by atoms with Gasteiger partial charge in [0.25, 0.3) is 0 Å². The molecule has 0 saturated heterocycles. The second-order valence-corrected chi connectivity index (χ2v) is 6.97. The second-order valence-electron chi connectivity index (χ2n) is 4.43. The van der Waals surface area contributed by atoms with Crippen LogP contribution in [-0.2, 0) is 0 Å². The summed E-state index contributed by atoms with van der Waals surface area (Å²) in [6.45, 7) is 1.18. The Labute approximate surface area is 144 Å². The molecule has 1 heterocycles. The van der Waals surface area contributed by atoms with Gasteiger partial charge in [0.15, 0.2) is 11.5 Å². The molecule has 1 unspecified atom stereocenters. The molecule has 0 fully saturated rings. The van der Waals surface area contributed by atoms with E-state index in [0.717, 1.165) is 30.7 Å². The van der Waals surface area contributed by atoms with Crippen LogP contribution in [0.25, 0.3) is 0 Å². The Balaban J connectivity index is 1.97. The predicted molar refractivity (Wildman–Crippen MR) is 92.0 cm³/mol. The van der Waals surface area contributed by atoms with Crippen LogP contribution >= 0.6 is 50.1 Å². The molecule has 0 saturated carbocycles. The van der Waals surface area contributed by atoms with Crippen LogP contribution in [0.3, 0.4) is 0 Å². The first kappa shape index (κ1) is 14.5. The Hall–Kier alpha value is -0.460. The van der Waals surface area contributed by atoms with E-state index in [4.69, 9.17) is 21.1 Å². The highest BCUT2D eigenvalue weighted by Gasteiger charge is 2.18. The highest BCUT2D eigenvalue weighted by Crippen LogP contribution is 2.39. The fourth-order valence-corrected chi connectivity index (χ4v) is 3.54. The smallest absolute Gasteiger partial charge is 0.161 e. The van der Waals surface area contributed by atoms with Gasteiger partial charge in [0.1, 0.15) is 13.2 Å². The number of halogens is 3. The van der Waals surface area contributed by atoms with Gasteiger partial charge in [0.05, 0.1) is 5.38 Å². The van der Waals surface area contributed by atoms with E-state index >= 15 is 0 Å². The average molecular weight is 466 g/mol. The SMILES string of the molecule is ClC(c1ccc2c(c1)OCCO2)c1cc(I)ccc1Br.